The third kappa shape index (κ3) is 2.71. The standard InChI is InChI=1S/C18H24O3/c1-18(21,17(19)20)16-8-7-13-9-14(10-15(13)11-16)12-5-3-2-4-6-12/h7-8,11-12,14,21H,2-6,9-10H2,1H3,(H,19,20)/t14-,18+/m0/s1. The highest BCUT2D eigenvalue weighted by Gasteiger charge is 2.35. The number of rotatable bonds is 3. The lowest BCUT2D eigenvalue weighted by atomic mass is 9.79. The third-order valence-electron chi connectivity index (χ3n) is 5.47. The van der Waals surface area contributed by atoms with Crippen LogP contribution in [0, 0.1) is 11.8 Å². The summed E-state index contributed by atoms with van der Waals surface area (Å²) >= 11 is 0. The molecule has 1 fully saturated rings. The van der Waals surface area contributed by atoms with Crippen molar-refractivity contribution < 1.29 is 15.0 Å². The van der Waals surface area contributed by atoms with Crippen molar-refractivity contribution in [1.82, 2.24) is 0 Å². The van der Waals surface area contributed by atoms with Gasteiger partial charge in [0.1, 0.15) is 0 Å². The van der Waals surface area contributed by atoms with Crippen molar-refractivity contribution in [3.8, 4) is 0 Å². The lowest BCUT2D eigenvalue weighted by Crippen LogP contribution is -2.31. The molecule has 2 aliphatic carbocycles. The number of carboxylic acid groups (broad SMARTS) is 1. The summed E-state index contributed by atoms with van der Waals surface area (Å²) < 4.78 is 0. The molecule has 114 valence electrons. The molecule has 3 rings (SSSR count). The highest BCUT2D eigenvalue weighted by atomic mass is 16.4. The molecule has 0 aromatic heterocycles. The van der Waals surface area contributed by atoms with Crippen molar-refractivity contribution >= 4 is 5.97 Å². The minimum Gasteiger partial charge on any atom is -0.479 e. The number of aliphatic carboxylic acids is 1. The highest BCUT2D eigenvalue weighted by Crippen LogP contribution is 2.39. The van der Waals surface area contributed by atoms with Gasteiger partial charge in [-0.3, -0.25) is 0 Å². The second-order valence-corrected chi connectivity index (χ2v) is 6.93. The molecule has 0 aliphatic heterocycles. The van der Waals surface area contributed by atoms with Crippen molar-refractivity contribution in [2.24, 2.45) is 11.8 Å². The predicted molar refractivity (Wildman–Crippen MR) is 81.1 cm³/mol. The lowest BCUT2D eigenvalue weighted by Gasteiger charge is -2.27. The van der Waals surface area contributed by atoms with Crippen molar-refractivity contribution in [2.45, 2.75) is 57.5 Å². The largest absolute Gasteiger partial charge is 0.479 e. The van der Waals surface area contributed by atoms with Gasteiger partial charge in [-0.2, -0.15) is 0 Å². The Labute approximate surface area is 126 Å². The van der Waals surface area contributed by atoms with Gasteiger partial charge in [0.25, 0.3) is 0 Å². The average Bonchev–Trinajstić information content (AvgIpc) is 2.91. The van der Waals surface area contributed by atoms with E-state index in [-0.39, 0.29) is 0 Å². The minimum atomic E-state index is -1.79. The fourth-order valence-corrected chi connectivity index (χ4v) is 4.02. The number of aliphatic hydroxyl groups is 1. The van der Waals surface area contributed by atoms with Gasteiger partial charge in [0.15, 0.2) is 5.60 Å². The van der Waals surface area contributed by atoms with Gasteiger partial charge in [-0.15, -0.1) is 0 Å². The Morgan fingerprint density at radius 3 is 2.43 bits per heavy atom. The summed E-state index contributed by atoms with van der Waals surface area (Å²) in [6, 6.07) is 5.70. The van der Waals surface area contributed by atoms with E-state index in [1.54, 1.807) is 6.07 Å². The average molecular weight is 288 g/mol. The van der Waals surface area contributed by atoms with Gasteiger partial charge in [0.05, 0.1) is 0 Å². The van der Waals surface area contributed by atoms with Crippen molar-refractivity contribution in [1.29, 1.82) is 0 Å². The number of carbonyl (C=O) groups is 1. The second kappa shape index (κ2) is 5.45. The molecule has 1 saturated carbocycles. The third-order valence-corrected chi connectivity index (χ3v) is 5.47. The summed E-state index contributed by atoms with van der Waals surface area (Å²) in [6.07, 6.45) is 8.95. The van der Waals surface area contributed by atoms with Crippen LogP contribution in [0.2, 0.25) is 0 Å². The van der Waals surface area contributed by atoms with E-state index in [9.17, 15) is 9.90 Å². The zero-order valence-electron chi connectivity index (χ0n) is 12.6. The first kappa shape index (κ1) is 14.6. The van der Waals surface area contributed by atoms with E-state index >= 15 is 0 Å². The van der Waals surface area contributed by atoms with E-state index in [2.05, 4.69) is 0 Å². The fraction of sp³-hybridized carbons (Fsp3) is 0.611. The maximum atomic E-state index is 11.2. The summed E-state index contributed by atoms with van der Waals surface area (Å²) in [5.74, 6) is 0.351. The highest BCUT2D eigenvalue weighted by molar-refractivity contribution is 5.78. The van der Waals surface area contributed by atoms with Crippen molar-refractivity contribution in [2.75, 3.05) is 0 Å². The van der Waals surface area contributed by atoms with Crippen LogP contribution in [0.25, 0.3) is 0 Å². The van der Waals surface area contributed by atoms with E-state index in [0.29, 0.717) is 11.5 Å². The molecule has 1 aromatic carbocycles. The zero-order valence-corrected chi connectivity index (χ0v) is 12.6. The van der Waals surface area contributed by atoms with Crippen molar-refractivity contribution in [3.05, 3.63) is 34.9 Å². The summed E-state index contributed by atoms with van der Waals surface area (Å²) in [5, 5.41) is 19.3. The predicted octanol–water partition coefficient (Wildman–Crippen LogP) is 3.27. The van der Waals surface area contributed by atoms with E-state index in [1.807, 2.05) is 12.1 Å². The van der Waals surface area contributed by atoms with Gasteiger partial charge in [-0.25, -0.2) is 4.79 Å². The summed E-state index contributed by atoms with van der Waals surface area (Å²) in [6.45, 7) is 1.35. The van der Waals surface area contributed by atoms with Crippen LogP contribution >= 0.6 is 0 Å². The molecule has 0 radical (unpaired) electrons. The van der Waals surface area contributed by atoms with Gasteiger partial charge < -0.3 is 10.2 Å². The van der Waals surface area contributed by atoms with E-state index < -0.39 is 11.6 Å². The topological polar surface area (TPSA) is 57.5 Å². The maximum absolute atomic E-state index is 11.2. The number of hydrogen-bond acceptors (Lipinski definition) is 2. The van der Waals surface area contributed by atoms with Crippen LogP contribution in [0.5, 0.6) is 0 Å². The normalized spacial score (nSPS) is 25.3. The van der Waals surface area contributed by atoms with Crippen LogP contribution < -0.4 is 0 Å². The maximum Gasteiger partial charge on any atom is 0.340 e. The molecule has 3 heteroatoms. The Kier molecular flexibility index (Phi) is 3.78. The molecular formula is C18H24O3. The molecule has 2 aliphatic rings. The molecule has 21 heavy (non-hydrogen) atoms. The van der Waals surface area contributed by atoms with Gasteiger partial charge in [0.2, 0.25) is 0 Å². The van der Waals surface area contributed by atoms with Crippen LogP contribution in [0.4, 0.5) is 0 Å². The van der Waals surface area contributed by atoms with Gasteiger partial charge in [-0.05, 0) is 48.3 Å². The molecule has 0 bridgehead atoms. The van der Waals surface area contributed by atoms with Crippen LogP contribution in [-0.2, 0) is 23.2 Å². The molecule has 0 amide bonds. The zero-order chi connectivity index (χ0) is 15.0. The molecule has 1 aromatic rings. The molecule has 0 saturated heterocycles. The van der Waals surface area contributed by atoms with Gasteiger partial charge >= 0.3 is 5.97 Å². The summed E-state index contributed by atoms with van der Waals surface area (Å²) in [4.78, 5) is 11.2. The van der Waals surface area contributed by atoms with E-state index in [0.717, 1.165) is 18.8 Å². The molecule has 2 atom stereocenters. The fourth-order valence-electron chi connectivity index (χ4n) is 4.02. The van der Waals surface area contributed by atoms with Crippen LogP contribution in [0.3, 0.4) is 0 Å². The summed E-state index contributed by atoms with van der Waals surface area (Å²) in [5.41, 5.74) is 1.29. The van der Waals surface area contributed by atoms with Crippen LogP contribution in [-0.4, -0.2) is 16.2 Å². The number of hydrogen-bond donors (Lipinski definition) is 2. The van der Waals surface area contributed by atoms with Gasteiger partial charge in [0, 0.05) is 0 Å². The lowest BCUT2D eigenvalue weighted by molar-refractivity contribution is -0.157. The Bertz CT molecular complexity index is 541. The molecule has 0 spiro atoms. The van der Waals surface area contributed by atoms with Gasteiger partial charge in [-0.1, -0.05) is 50.3 Å². The quantitative estimate of drug-likeness (QED) is 0.897. The molecule has 2 N–H and O–H groups in total. The van der Waals surface area contributed by atoms with Crippen molar-refractivity contribution in [3.63, 3.8) is 0 Å². The minimum absolute atomic E-state index is 0.498. The Balaban J connectivity index is 1.79. The molecular weight excluding hydrogens is 264 g/mol. The number of fused-ring (bicyclic) bond motifs is 1. The van der Waals surface area contributed by atoms with Crippen LogP contribution in [0.1, 0.15) is 55.7 Å². The molecule has 0 unspecified atom stereocenters. The first-order chi connectivity index (χ1) is 9.98. The summed E-state index contributed by atoms with van der Waals surface area (Å²) in [7, 11) is 0. The second-order valence-electron chi connectivity index (χ2n) is 6.93. The SMILES string of the molecule is C[C@](O)(C(=O)O)c1ccc2c(c1)C[C@@H](C1CCCCC1)C2. The smallest absolute Gasteiger partial charge is 0.340 e. The Hall–Kier alpha value is -1.35. The van der Waals surface area contributed by atoms with Crippen LogP contribution in [0.15, 0.2) is 18.2 Å². The first-order valence-corrected chi connectivity index (χ1v) is 8.06. The monoisotopic (exact) mass is 288 g/mol. The van der Waals surface area contributed by atoms with E-state index in [4.69, 9.17) is 5.11 Å². The first-order valence-electron chi connectivity index (χ1n) is 8.06. The number of benzene rings is 1. The Morgan fingerprint density at radius 1 is 1.10 bits per heavy atom. The molecule has 0 heterocycles. The molecule has 3 nitrogen and oxygen atoms in total. The van der Waals surface area contributed by atoms with E-state index in [1.165, 1.54) is 50.2 Å². The Morgan fingerprint density at radius 2 is 1.76 bits per heavy atom. The number of carboxylic acids is 1.